The molecule has 1 heterocycles. The first-order valence-corrected chi connectivity index (χ1v) is 7.80. The van der Waals surface area contributed by atoms with Crippen molar-refractivity contribution in [2.24, 2.45) is 5.73 Å². The van der Waals surface area contributed by atoms with Crippen LogP contribution < -0.4 is 11.1 Å². The standard InChI is InChI=1S/C16H22ClN3O2/c1-9(2)19-15(21)14-7-12(18)8-20(14)16(22)11-4-5-13(17)10(3)6-11/h4-6,9,12,14H,7-8,18H2,1-3H3,(H,19,21)/t12-,14-/m0/s1. The predicted octanol–water partition coefficient (Wildman–Crippen LogP) is 1.71. The molecule has 2 amide bonds. The van der Waals surface area contributed by atoms with Gasteiger partial charge >= 0.3 is 0 Å². The highest BCUT2D eigenvalue weighted by atomic mass is 35.5. The lowest BCUT2D eigenvalue weighted by Crippen LogP contribution is -2.47. The summed E-state index contributed by atoms with van der Waals surface area (Å²) >= 11 is 6.00. The van der Waals surface area contributed by atoms with Gasteiger partial charge in [-0.05, 0) is 51.0 Å². The van der Waals surface area contributed by atoms with Gasteiger partial charge in [-0.15, -0.1) is 0 Å². The fourth-order valence-corrected chi connectivity index (χ4v) is 2.78. The summed E-state index contributed by atoms with van der Waals surface area (Å²) < 4.78 is 0. The quantitative estimate of drug-likeness (QED) is 0.889. The van der Waals surface area contributed by atoms with E-state index < -0.39 is 6.04 Å². The van der Waals surface area contributed by atoms with Crippen LogP contribution in [0.15, 0.2) is 18.2 Å². The predicted molar refractivity (Wildman–Crippen MR) is 86.9 cm³/mol. The van der Waals surface area contributed by atoms with Crippen molar-refractivity contribution in [1.29, 1.82) is 0 Å². The number of carbonyl (C=O) groups excluding carboxylic acids is 2. The maximum Gasteiger partial charge on any atom is 0.254 e. The number of likely N-dealkylation sites (tertiary alicyclic amines) is 1. The van der Waals surface area contributed by atoms with Gasteiger partial charge in [-0.3, -0.25) is 9.59 Å². The molecular formula is C16H22ClN3O2. The van der Waals surface area contributed by atoms with E-state index in [2.05, 4.69) is 5.32 Å². The van der Waals surface area contributed by atoms with Gasteiger partial charge in [0.25, 0.3) is 5.91 Å². The number of hydrogen-bond acceptors (Lipinski definition) is 3. The normalized spacial score (nSPS) is 21.3. The van der Waals surface area contributed by atoms with Crippen LogP contribution in [0.1, 0.15) is 36.2 Å². The highest BCUT2D eigenvalue weighted by Crippen LogP contribution is 2.22. The van der Waals surface area contributed by atoms with Crippen molar-refractivity contribution in [3.63, 3.8) is 0 Å². The maximum absolute atomic E-state index is 12.7. The Morgan fingerprint density at radius 1 is 1.41 bits per heavy atom. The Morgan fingerprint density at radius 2 is 2.09 bits per heavy atom. The van der Waals surface area contributed by atoms with Gasteiger partial charge in [0, 0.05) is 29.2 Å². The molecule has 6 heteroatoms. The molecule has 1 aliphatic rings. The molecule has 1 saturated heterocycles. The molecule has 0 saturated carbocycles. The number of halogens is 1. The molecule has 2 rings (SSSR count). The number of nitrogens with zero attached hydrogens (tertiary/aromatic N) is 1. The van der Waals surface area contributed by atoms with Crippen molar-refractivity contribution in [2.45, 2.75) is 45.3 Å². The van der Waals surface area contributed by atoms with Crippen molar-refractivity contribution in [2.75, 3.05) is 6.54 Å². The Labute approximate surface area is 135 Å². The van der Waals surface area contributed by atoms with Crippen LogP contribution in [0, 0.1) is 6.92 Å². The average Bonchev–Trinajstić information content (AvgIpc) is 2.82. The Morgan fingerprint density at radius 3 is 2.68 bits per heavy atom. The van der Waals surface area contributed by atoms with E-state index in [1.165, 1.54) is 0 Å². The Bertz CT molecular complexity index is 589. The minimum absolute atomic E-state index is 0.0269. The molecule has 1 fully saturated rings. The third kappa shape index (κ3) is 3.59. The molecule has 0 aliphatic carbocycles. The lowest BCUT2D eigenvalue weighted by atomic mass is 10.1. The van der Waals surface area contributed by atoms with E-state index in [4.69, 9.17) is 17.3 Å². The number of nitrogens with two attached hydrogens (primary N) is 1. The zero-order chi connectivity index (χ0) is 16.4. The summed E-state index contributed by atoms with van der Waals surface area (Å²) in [5, 5.41) is 3.47. The molecule has 22 heavy (non-hydrogen) atoms. The fraction of sp³-hybridized carbons (Fsp3) is 0.500. The largest absolute Gasteiger partial charge is 0.352 e. The number of nitrogens with one attached hydrogen (secondary N) is 1. The van der Waals surface area contributed by atoms with E-state index >= 15 is 0 Å². The van der Waals surface area contributed by atoms with Crippen LogP contribution in [0.4, 0.5) is 0 Å². The summed E-state index contributed by atoms with van der Waals surface area (Å²) in [6.07, 6.45) is 0.483. The first-order chi connectivity index (χ1) is 10.3. The Kier molecular flexibility index (Phi) is 5.08. The second-order valence-corrected chi connectivity index (χ2v) is 6.50. The van der Waals surface area contributed by atoms with Crippen molar-refractivity contribution in [3.05, 3.63) is 34.3 Å². The molecule has 1 aliphatic heterocycles. The van der Waals surface area contributed by atoms with E-state index in [1.54, 1.807) is 23.1 Å². The Hall–Kier alpha value is -1.59. The van der Waals surface area contributed by atoms with Gasteiger partial charge < -0.3 is 16.0 Å². The van der Waals surface area contributed by atoms with E-state index in [0.29, 0.717) is 23.6 Å². The van der Waals surface area contributed by atoms with Crippen LogP contribution in [0.2, 0.25) is 5.02 Å². The highest BCUT2D eigenvalue weighted by Gasteiger charge is 2.38. The summed E-state index contributed by atoms with van der Waals surface area (Å²) in [4.78, 5) is 26.6. The maximum atomic E-state index is 12.7. The van der Waals surface area contributed by atoms with Crippen molar-refractivity contribution >= 4 is 23.4 Å². The molecule has 3 N–H and O–H groups in total. The molecule has 120 valence electrons. The van der Waals surface area contributed by atoms with Gasteiger partial charge in [0.1, 0.15) is 6.04 Å². The zero-order valence-electron chi connectivity index (χ0n) is 13.1. The van der Waals surface area contributed by atoms with Gasteiger partial charge in [0.2, 0.25) is 5.91 Å². The highest BCUT2D eigenvalue weighted by molar-refractivity contribution is 6.31. The van der Waals surface area contributed by atoms with Gasteiger partial charge in [0.05, 0.1) is 0 Å². The number of carbonyl (C=O) groups is 2. The second-order valence-electron chi connectivity index (χ2n) is 6.10. The van der Waals surface area contributed by atoms with Crippen LogP contribution in [0.3, 0.4) is 0 Å². The van der Waals surface area contributed by atoms with E-state index in [9.17, 15) is 9.59 Å². The van der Waals surface area contributed by atoms with Crippen LogP contribution in [0.25, 0.3) is 0 Å². The van der Waals surface area contributed by atoms with E-state index in [0.717, 1.165) is 5.56 Å². The summed E-state index contributed by atoms with van der Waals surface area (Å²) in [7, 11) is 0. The molecule has 0 bridgehead atoms. The number of aryl methyl sites for hydroxylation is 1. The van der Waals surface area contributed by atoms with Crippen LogP contribution in [-0.4, -0.2) is 41.4 Å². The van der Waals surface area contributed by atoms with Gasteiger partial charge in [-0.25, -0.2) is 0 Å². The van der Waals surface area contributed by atoms with Gasteiger partial charge in [0.15, 0.2) is 0 Å². The first kappa shape index (κ1) is 16.8. The smallest absolute Gasteiger partial charge is 0.254 e. The SMILES string of the molecule is Cc1cc(C(=O)N2C[C@@H](N)C[C@H]2C(=O)NC(C)C)ccc1Cl. The average molecular weight is 324 g/mol. The van der Waals surface area contributed by atoms with Crippen molar-refractivity contribution < 1.29 is 9.59 Å². The molecular weight excluding hydrogens is 302 g/mol. The lowest BCUT2D eigenvalue weighted by molar-refractivity contribution is -0.125. The first-order valence-electron chi connectivity index (χ1n) is 7.42. The summed E-state index contributed by atoms with van der Waals surface area (Å²) in [6.45, 7) is 6.01. The topological polar surface area (TPSA) is 75.4 Å². The van der Waals surface area contributed by atoms with Crippen LogP contribution in [-0.2, 0) is 4.79 Å². The van der Waals surface area contributed by atoms with E-state index in [-0.39, 0.29) is 23.9 Å². The van der Waals surface area contributed by atoms with Crippen LogP contribution in [0.5, 0.6) is 0 Å². The van der Waals surface area contributed by atoms with Crippen molar-refractivity contribution in [3.8, 4) is 0 Å². The lowest BCUT2D eigenvalue weighted by Gasteiger charge is -2.25. The van der Waals surface area contributed by atoms with Gasteiger partial charge in [-0.1, -0.05) is 11.6 Å². The molecule has 0 unspecified atom stereocenters. The third-order valence-electron chi connectivity index (χ3n) is 3.73. The van der Waals surface area contributed by atoms with Gasteiger partial charge in [-0.2, -0.15) is 0 Å². The number of benzene rings is 1. The summed E-state index contributed by atoms with van der Waals surface area (Å²) in [5.74, 6) is -0.335. The van der Waals surface area contributed by atoms with E-state index in [1.807, 2.05) is 20.8 Å². The number of hydrogen-bond donors (Lipinski definition) is 2. The molecule has 2 atom stereocenters. The monoisotopic (exact) mass is 323 g/mol. The summed E-state index contributed by atoms with van der Waals surface area (Å²) in [5.41, 5.74) is 7.32. The fourth-order valence-electron chi connectivity index (χ4n) is 2.67. The number of amides is 2. The molecule has 0 radical (unpaired) electrons. The molecule has 1 aromatic carbocycles. The van der Waals surface area contributed by atoms with Crippen molar-refractivity contribution in [1.82, 2.24) is 10.2 Å². The third-order valence-corrected chi connectivity index (χ3v) is 4.16. The second kappa shape index (κ2) is 6.67. The molecule has 5 nitrogen and oxygen atoms in total. The minimum atomic E-state index is -0.513. The zero-order valence-corrected chi connectivity index (χ0v) is 13.9. The molecule has 0 aromatic heterocycles. The molecule has 1 aromatic rings. The minimum Gasteiger partial charge on any atom is -0.352 e. The Balaban J connectivity index is 2.22. The molecule has 0 spiro atoms. The van der Waals surface area contributed by atoms with Crippen LogP contribution >= 0.6 is 11.6 Å². The summed E-state index contributed by atoms with van der Waals surface area (Å²) in [6, 6.07) is 4.45. The number of rotatable bonds is 3.